The van der Waals surface area contributed by atoms with Crippen molar-refractivity contribution in [1.82, 2.24) is 0 Å². The van der Waals surface area contributed by atoms with Crippen molar-refractivity contribution < 1.29 is 9.47 Å². The molecule has 1 rings (SSSR count). The van der Waals surface area contributed by atoms with Gasteiger partial charge in [-0.05, 0) is 25.7 Å². The zero-order valence-electron chi connectivity index (χ0n) is 7.08. The molecule has 0 amide bonds. The van der Waals surface area contributed by atoms with Gasteiger partial charge >= 0.3 is 0 Å². The summed E-state index contributed by atoms with van der Waals surface area (Å²) in [5, 5.41) is 0. The van der Waals surface area contributed by atoms with Crippen LogP contribution in [0.3, 0.4) is 0 Å². The van der Waals surface area contributed by atoms with E-state index in [1.807, 2.05) is 0 Å². The van der Waals surface area contributed by atoms with Crippen LogP contribution in [0.2, 0.25) is 0 Å². The van der Waals surface area contributed by atoms with E-state index in [-0.39, 0.29) is 0 Å². The Balaban J connectivity index is 2.12. The first kappa shape index (κ1) is 8.97. The van der Waals surface area contributed by atoms with Gasteiger partial charge in [-0.15, -0.1) is 0 Å². The van der Waals surface area contributed by atoms with E-state index in [0.29, 0.717) is 18.9 Å². The first-order chi connectivity index (χ1) is 5.33. The van der Waals surface area contributed by atoms with Crippen LogP contribution in [-0.2, 0) is 9.47 Å². The van der Waals surface area contributed by atoms with E-state index < -0.39 is 0 Å². The standard InChI is InChI=1S/C8H17NO2/c1-10-6-11-8-4-2-3-7(9)5-8/h7-8H,2-6,9H2,1H3. The Labute approximate surface area is 67.9 Å². The molecule has 0 saturated heterocycles. The van der Waals surface area contributed by atoms with Gasteiger partial charge in [0.1, 0.15) is 6.79 Å². The van der Waals surface area contributed by atoms with Crippen LogP contribution in [-0.4, -0.2) is 26.0 Å². The molecule has 1 fully saturated rings. The number of ether oxygens (including phenoxy) is 2. The van der Waals surface area contributed by atoms with Gasteiger partial charge in [-0.2, -0.15) is 0 Å². The molecule has 0 radical (unpaired) electrons. The Kier molecular flexibility index (Phi) is 3.83. The van der Waals surface area contributed by atoms with Gasteiger partial charge in [-0.3, -0.25) is 0 Å². The lowest BCUT2D eigenvalue weighted by molar-refractivity contribution is -0.0837. The lowest BCUT2D eigenvalue weighted by Gasteiger charge is -2.26. The number of nitrogens with two attached hydrogens (primary N) is 1. The highest BCUT2D eigenvalue weighted by Crippen LogP contribution is 2.19. The van der Waals surface area contributed by atoms with Crippen LogP contribution in [0.5, 0.6) is 0 Å². The Morgan fingerprint density at radius 3 is 2.91 bits per heavy atom. The van der Waals surface area contributed by atoms with Crippen molar-refractivity contribution in [3.05, 3.63) is 0 Å². The molecule has 1 aliphatic rings. The molecular weight excluding hydrogens is 142 g/mol. The summed E-state index contributed by atoms with van der Waals surface area (Å²) >= 11 is 0. The molecule has 0 aromatic carbocycles. The van der Waals surface area contributed by atoms with Crippen molar-refractivity contribution in [1.29, 1.82) is 0 Å². The summed E-state index contributed by atoms with van der Waals surface area (Å²) in [7, 11) is 1.64. The fraction of sp³-hybridized carbons (Fsp3) is 1.00. The molecule has 0 bridgehead atoms. The molecule has 0 aromatic rings. The van der Waals surface area contributed by atoms with E-state index in [1.54, 1.807) is 7.11 Å². The maximum Gasteiger partial charge on any atom is 0.146 e. The van der Waals surface area contributed by atoms with Gasteiger partial charge in [0.25, 0.3) is 0 Å². The lowest BCUT2D eigenvalue weighted by atomic mass is 9.94. The van der Waals surface area contributed by atoms with Crippen molar-refractivity contribution in [2.75, 3.05) is 13.9 Å². The van der Waals surface area contributed by atoms with Crippen LogP contribution in [0.25, 0.3) is 0 Å². The fourth-order valence-electron chi connectivity index (χ4n) is 1.50. The van der Waals surface area contributed by atoms with Gasteiger partial charge < -0.3 is 15.2 Å². The molecule has 2 atom stereocenters. The third-order valence-corrected chi connectivity index (χ3v) is 2.09. The molecule has 0 heterocycles. The van der Waals surface area contributed by atoms with Crippen LogP contribution < -0.4 is 5.73 Å². The third-order valence-electron chi connectivity index (χ3n) is 2.09. The quantitative estimate of drug-likeness (QED) is 0.622. The van der Waals surface area contributed by atoms with Crippen molar-refractivity contribution in [2.24, 2.45) is 5.73 Å². The monoisotopic (exact) mass is 159 g/mol. The number of methoxy groups -OCH3 is 1. The fourth-order valence-corrected chi connectivity index (χ4v) is 1.50. The second-order valence-corrected chi connectivity index (χ2v) is 3.12. The summed E-state index contributed by atoms with van der Waals surface area (Å²) in [5.74, 6) is 0. The highest BCUT2D eigenvalue weighted by Gasteiger charge is 2.19. The Morgan fingerprint density at radius 2 is 2.27 bits per heavy atom. The average Bonchev–Trinajstić information content (AvgIpc) is 2.01. The van der Waals surface area contributed by atoms with E-state index in [9.17, 15) is 0 Å². The minimum atomic E-state index is 0.332. The van der Waals surface area contributed by atoms with Crippen molar-refractivity contribution in [3.63, 3.8) is 0 Å². The third kappa shape index (κ3) is 3.18. The molecule has 66 valence electrons. The SMILES string of the molecule is COCOC1CCCC(N)C1. The predicted octanol–water partition coefficient (Wildman–Crippen LogP) is 0.877. The lowest BCUT2D eigenvalue weighted by Crippen LogP contribution is -2.32. The van der Waals surface area contributed by atoms with E-state index in [2.05, 4.69) is 0 Å². The molecule has 2 N–H and O–H groups in total. The topological polar surface area (TPSA) is 44.5 Å². The molecule has 1 saturated carbocycles. The van der Waals surface area contributed by atoms with Gasteiger partial charge in [0.2, 0.25) is 0 Å². The smallest absolute Gasteiger partial charge is 0.146 e. The Bertz CT molecular complexity index is 108. The zero-order chi connectivity index (χ0) is 8.10. The van der Waals surface area contributed by atoms with Gasteiger partial charge in [0.05, 0.1) is 6.10 Å². The number of hydrogen-bond donors (Lipinski definition) is 1. The second-order valence-electron chi connectivity index (χ2n) is 3.12. The van der Waals surface area contributed by atoms with Crippen LogP contribution in [0.4, 0.5) is 0 Å². The summed E-state index contributed by atoms with van der Waals surface area (Å²) in [6.45, 7) is 0.400. The predicted molar refractivity (Wildman–Crippen MR) is 43.2 cm³/mol. The molecule has 0 aliphatic heterocycles. The number of rotatable bonds is 3. The Hall–Kier alpha value is -0.120. The van der Waals surface area contributed by atoms with Crippen LogP contribution in [0, 0.1) is 0 Å². The van der Waals surface area contributed by atoms with Crippen molar-refractivity contribution in [2.45, 2.75) is 37.8 Å². The minimum absolute atomic E-state index is 0.332. The maximum atomic E-state index is 5.78. The van der Waals surface area contributed by atoms with E-state index in [4.69, 9.17) is 15.2 Å². The summed E-state index contributed by atoms with van der Waals surface area (Å²) in [4.78, 5) is 0. The molecule has 3 nitrogen and oxygen atoms in total. The average molecular weight is 159 g/mol. The van der Waals surface area contributed by atoms with Crippen LogP contribution in [0.1, 0.15) is 25.7 Å². The molecule has 0 spiro atoms. The normalized spacial score (nSPS) is 32.2. The van der Waals surface area contributed by atoms with Gasteiger partial charge in [0.15, 0.2) is 0 Å². The van der Waals surface area contributed by atoms with Crippen molar-refractivity contribution >= 4 is 0 Å². The van der Waals surface area contributed by atoms with Crippen LogP contribution >= 0.6 is 0 Å². The summed E-state index contributed by atoms with van der Waals surface area (Å²) < 4.78 is 10.2. The highest BCUT2D eigenvalue weighted by molar-refractivity contribution is 4.74. The first-order valence-electron chi connectivity index (χ1n) is 4.19. The number of hydrogen-bond acceptors (Lipinski definition) is 3. The van der Waals surface area contributed by atoms with Gasteiger partial charge in [-0.25, -0.2) is 0 Å². The summed E-state index contributed by atoms with van der Waals surface area (Å²) in [5.41, 5.74) is 5.78. The maximum absolute atomic E-state index is 5.78. The summed E-state index contributed by atoms with van der Waals surface area (Å²) in [6, 6.07) is 0.339. The molecule has 3 heteroatoms. The van der Waals surface area contributed by atoms with Crippen molar-refractivity contribution in [3.8, 4) is 0 Å². The van der Waals surface area contributed by atoms with E-state index in [0.717, 1.165) is 19.3 Å². The van der Waals surface area contributed by atoms with E-state index in [1.165, 1.54) is 6.42 Å². The summed E-state index contributed by atoms with van der Waals surface area (Å²) in [6.07, 6.45) is 4.79. The van der Waals surface area contributed by atoms with Gasteiger partial charge in [-0.1, -0.05) is 0 Å². The molecule has 11 heavy (non-hydrogen) atoms. The molecule has 1 aliphatic carbocycles. The Morgan fingerprint density at radius 1 is 1.45 bits per heavy atom. The first-order valence-corrected chi connectivity index (χ1v) is 4.19. The molecule has 0 aromatic heterocycles. The van der Waals surface area contributed by atoms with E-state index >= 15 is 0 Å². The largest absolute Gasteiger partial charge is 0.359 e. The molecular formula is C8H17NO2. The van der Waals surface area contributed by atoms with Gasteiger partial charge in [0, 0.05) is 13.2 Å². The highest BCUT2D eigenvalue weighted by atomic mass is 16.7. The minimum Gasteiger partial charge on any atom is -0.359 e. The zero-order valence-corrected chi connectivity index (χ0v) is 7.08. The second kappa shape index (κ2) is 4.70. The van der Waals surface area contributed by atoms with Crippen LogP contribution in [0.15, 0.2) is 0 Å². The molecule has 2 unspecified atom stereocenters.